The summed E-state index contributed by atoms with van der Waals surface area (Å²) >= 11 is 0. The van der Waals surface area contributed by atoms with Gasteiger partial charge in [-0.1, -0.05) is 0 Å². The summed E-state index contributed by atoms with van der Waals surface area (Å²) in [6.07, 6.45) is 1.54. The fourth-order valence-corrected chi connectivity index (χ4v) is 2.20. The summed E-state index contributed by atoms with van der Waals surface area (Å²) in [5, 5.41) is 2.64. The predicted molar refractivity (Wildman–Crippen MR) is 74.1 cm³/mol. The first kappa shape index (κ1) is 15.3. The number of hydrogen-bond donors (Lipinski definition) is 2. The summed E-state index contributed by atoms with van der Waals surface area (Å²) in [5.74, 6) is 0.123. The Morgan fingerprint density at radius 1 is 1.42 bits per heavy atom. The van der Waals surface area contributed by atoms with Crippen LogP contribution in [0.15, 0.2) is 18.2 Å². The molecule has 1 aromatic rings. The SMILES string of the molecule is COc1cc(N)ccc1C(=O)NCCCS(C)(=O)=O. The third-order valence-electron chi connectivity index (χ3n) is 2.45. The molecule has 3 N–H and O–H groups in total. The molecule has 0 spiro atoms. The molecule has 0 aliphatic carbocycles. The molecule has 0 aliphatic rings. The van der Waals surface area contributed by atoms with E-state index in [9.17, 15) is 13.2 Å². The summed E-state index contributed by atoms with van der Waals surface area (Å²) in [6, 6.07) is 4.74. The van der Waals surface area contributed by atoms with Crippen LogP contribution in [0.3, 0.4) is 0 Å². The molecule has 0 bridgehead atoms. The van der Waals surface area contributed by atoms with Crippen LogP contribution in [0.4, 0.5) is 5.69 Å². The Hall–Kier alpha value is -1.76. The zero-order valence-electron chi connectivity index (χ0n) is 11.0. The van der Waals surface area contributed by atoms with Crippen LogP contribution in [0.5, 0.6) is 5.75 Å². The summed E-state index contributed by atoms with van der Waals surface area (Å²) in [5.41, 5.74) is 6.47. The molecule has 0 atom stereocenters. The monoisotopic (exact) mass is 286 g/mol. The van der Waals surface area contributed by atoms with Gasteiger partial charge in [0.2, 0.25) is 0 Å². The second-order valence-corrected chi connectivity index (χ2v) is 6.46. The Labute approximate surface area is 112 Å². The summed E-state index contributed by atoms with van der Waals surface area (Å²) < 4.78 is 26.9. The maximum atomic E-state index is 11.9. The van der Waals surface area contributed by atoms with Crippen molar-refractivity contribution < 1.29 is 17.9 Å². The molecule has 0 aliphatic heterocycles. The number of amides is 1. The molecule has 106 valence electrons. The number of nitrogen functional groups attached to an aromatic ring is 1. The van der Waals surface area contributed by atoms with Crippen molar-refractivity contribution in [2.75, 3.05) is 31.4 Å². The number of carbonyl (C=O) groups is 1. The highest BCUT2D eigenvalue weighted by atomic mass is 32.2. The topological polar surface area (TPSA) is 98.5 Å². The number of carbonyl (C=O) groups excluding carboxylic acids is 1. The van der Waals surface area contributed by atoms with E-state index in [1.54, 1.807) is 18.2 Å². The van der Waals surface area contributed by atoms with Gasteiger partial charge in [0, 0.05) is 24.6 Å². The molecule has 0 unspecified atom stereocenters. The van der Waals surface area contributed by atoms with E-state index in [0.717, 1.165) is 6.26 Å². The number of rotatable bonds is 6. The van der Waals surface area contributed by atoms with Crippen LogP contribution in [-0.4, -0.2) is 40.0 Å². The van der Waals surface area contributed by atoms with Gasteiger partial charge >= 0.3 is 0 Å². The van der Waals surface area contributed by atoms with Crippen molar-refractivity contribution in [1.29, 1.82) is 0 Å². The lowest BCUT2D eigenvalue weighted by Crippen LogP contribution is -2.26. The highest BCUT2D eigenvalue weighted by molar-refractivity contribution is 7.90. The van der Waals surface area contributed by atoms with Crippen LogP contribution in [-0.2, 0) is 9.84 Å². The number of hydrogen-bond acceptors (Lipinski definition) is 5. The molecule has 0 radical (unpaired) electrons. The molecule has 0 heterocycles. The van der Waals surface area contributed by atoms with Crippen molar-refractivity contribution >= 4 is 21.4 Å². The van der Waals surface area contributed by atoms with Crippen LogP contribution >= 0.6 is 0 Å². The highest BCUT2D eigenvalue weighted by Gasteiger charge is 2.12. The molecular formula is C12H18N2O4S. The van der Waals surface area contributed by atoms with E-state index in [2.05, 4.69) is 5.32 Å². The van der Waals surface area contributed by atoms with Crippen LogP contribution in [0.1, 0.15) is 16.8 Å². The number of benzene rings is 1. The second kappa shape index (κ2) is 6.42. The van der Waals surface area contributed by atoms with E-state index in [4.69, 9.17) is 10.5 Å². The molecule has 1 rings (SSSR count). The Kier molecular flexibility index (Phi) is 5.17. The van der Waals surface area contributed by atoms with E-state index < -0.39 is 9.84 Å². The number of nitrogens with one attached hydrogen (secondary N) is 1. The van der Waals surface area contributed by atoms with Crippen LogP contribution in [0.2, 0.25) is 0 Å². The molecule has 19 heavy (non-hydrogen) atoms. The number of ether oxygens (including phenoxy) is 1. The molecule has 0 saturated heterocycles. The first-order valence-electron chi connectivity index (χ1n) is 5.73. The number of methoxy groups -OCH3 is 1. The predicted octanol–water partition coefficient (Wildman–Crippen LogP) is 0.442. The highest BCUT2D eigenvalue weighted by Crippen LogP contribution is 2.21. The maximum absolute atomic E-state index is 11.9. The van der Waals surface area contributed by atoms with Gasteiger partial charge in [-0.05, 0) is 18.6 Å². The van der Waals surface area contributed by atoms with Crippen molar-refractivity contribution in [3.63, 3.8) is 0 Å². The largest absolute Gasteiger partial charge is 0.496 e. The zero-order valence-corrected chi connectivity index (χ0v) is 11.8. The van der Waals surface area contributed by atoms with Crippen LogP contribution in [0, 0.1) is 0 Å². The Morgan fingerprint density at radius 3 is 2.68 bits per heavy atom. The standard InChI is InChI=1S/C12H18N2O4S/c1-18-11-8-9(13)4-5-10(11)12(15)14-6-3-7-19(2,16)17/h4-5,8H,3,6-7,13H2,1-2H3,(H,14,15). The average Bonchev–Trinajstić information content (AvgIpc) is 2.33. The van der Waals surface area contributed by atoms with E-state index in [1.807, 2.05) is 0 Å². The van der Waals surface area contributed by atoms with Crippen molar-refractivity contribution in [2.24, 2.45) is 0 Å². The second-order valence-electron chi connectivity index (χ2n) is 4.20. The first-order chi connectivity index (χ1) is 8.83. The smallest absolute Gasteiger partial charge is 0.255 e. The number of sulfone groups is 1. The molecule has 1 amide bonds. The van der Waals surface area contributed by atoms with Crippen LogP contribution in [0.25, 0.3) is 0 Å². The Balaban J connectivity index is 2.59. The lowest BCUT2D eigenvalue weighted by Gasteiger charge is -2.09. The minimum absolute atomic E-state index is 0.0478. The van der Waals surface area contributed by atoms with Gasteiger partial charge in [-0.15, -0.1) is 0 Å². The van der Waals surface area contributed by atoms with Crippen molar-refractivity contribution in [1.82, 2.24) is 5.32 Å². The summed E-state index contributed by atoms with van der Waals surface area (Å²) in [6.45, 7) is 0.291. The molecule has 6 nitrogen and oxygen atoms in total. The van der Waals surface area contributed by atoms with Gasteiger partial charge in [0.25, 0.3) is 5.91 Å². The van der Waals surface area contributed by atoms with E-state index in [1.165, 1.54) is 7.11 Å². The maximum Gasteiger partial charge on any atom is 0.255 e. The fourth-order valence-electron chi connectivity index (χ4n) is 1.53. The first-order valence-corrected chi connectivity index (χ1v) is 7.79. The van der Waals surface area contributed by atoms with E-state index >= 15 is 0 Å². The van der Waals surface area contributed by atoms with Gasteiger partial charge in [0.1, 0.15) is 15.6 Å². The van der Waals surface area contributed by atoms with Gasteiger partial charge in [0.15, 0.2) is 0 Å². The Bertz CT molecular complexity index is 555. The third kappa shape index (κ3) is 5.17. The Morgan fingerprint density at radius 2 is 2.11 bits per heavy atom. The fraction of sp³-hybridized carbons (Fsp3) is 0.417. The molecular weight excluding hydrogens is 268 g/mol. The lowest BCUT2D eigenvalue weighted by molar-refractivity contribution is 0.0950. The van der Waals surface area contributed by atoms with Crippen molar-refractivity contribution in [2.45, 2.75) is 6.42 Å². The van der Waals surface area contributed by atoms with Gasteiger partial charge < -0.3 is 15.8 Å². The van der Waals surface area contributed by atoms with Crippen LogP contribution < -0.4 is 15.8 Å². The average molecular weight is 286 g/mol. The number of anilines is 1. The van der Waals surface area contributed by atoms with E-state index in [-0.39, 0.29) is 11.7 Å². The van der Waals surface area contributed by atoms with Crippen molar-refractivity contribution in [3.8, 4) is 5.75 Å². The van der Waals surface area contributed by atoms with Crippen molar-refractivity contribution in [3.05, 3.63) is 23.8 Å². The summed E-state index contributed by atoms with van der Waals surface area (Å²) in [4.78, 5) is 11.9. The summed E-state index contributed by atoms with van der Waals surface area (Å²) in [7, 11) is -1.54. The molecule has 1 aromatic carbocycles. The molecule has 0 aromatic heterocycles. The minimum atomic E-state index is -3.00. The van der Waals surface area contributed by atoms with Gasteiger partial charge in [0.05, 0.1) is 18.4 Å². The molecule has 7 heteroatoms. The van der Waals surface area contributed by atoms with Gasteiger partial charge in [-0.3, -0.25) is 4.79 Å². The van der Waals surface area contributed by atoms with E-state index in [0.29, 0.717) is 30.0 Å². The quantitative estimate of drug-likeness (QED) is 0.584. The molecule has 0 fully saturated rings. The van der Waals surface area contributed by atoms with Gasteiger partial charge in [-0.25, -0.2) is 8.42 Å². The zero-order chi connectivity index (χ0) is 14.5. The third-order valence-corrected chi connectivity index (χ3v) is 3.48. The lowest BCUT2D eigenvalue weighted by atomic mass is 10.1. The van der Waals surface area contributed by atoms with Gasteiger partial charge in [-0.2, -0.15) is 0 Å². The minimum Gasteiger partial charge on any atom is -0.496 e. The molecule has 0 saturated carbocycles. The normalized spacial score (nSPS) is 11.1. The number of nitrogens with two attached hydrogens (primary N) is 1.